The number of rotatable bonds is 2. The van der Waals surface area contributed by atoms with Gasteiger partial charge in [-0.2, -0.15) is 0 Å². The fourth-order valence-corrected chi connectivity index (χ4v) is 2.44. The molecule has 0 unspecified atom stereocenters. The van der Waals surface area contributed by atoms with Gasteiger partial charge in [0.15, 0.2) is 0 Å². The van der Waals surface area contributed by atoms with Crippen LogP contribution in [0.25, 0.3) is 0 Å². The topological polar surface area (TPSA) is 29.1 Å². The Balaban J connectivity index is 2.15. The molecule has 0 bridgehead atoms. The molecule has 1 aromatic heterocycles. The van der Waals surface area contributed by atoms with Crippen LogP contribution in [-0.2, 0) is 0 Å². The summed E-state index contributed by atoms with van der Waals surface area (Å²) >= 11 is 11.0. The summed E-state index contributed by atoms with van der Waals surface area (Å²) in [5.74, 6) is -0.781. The lowest BCUT2D eigenvalue weighted by molar-refractivity contribution is 0.103. The zero-order valence-corrected chi connectivity index (χ0v) is 10.9. The zero-order valence-electron chi connectivity index (χ0n) is 8.41. The molecule has 6 heteroatoms. The third kappa shape index (κ3) is 3.00. The van der Waals surface area contributed by atoms with Crippen LogP contribution in [0.15, 0.2) is 34.5 Å². The Morgan fingerprint density at radius 3 is 2.76 bits per heavy atom. The summed E-state index contributed by atoms with van der Waals surface area (Å²) in [4.78, 5) is 13.0. The lowest BCUT2D eigenvalue weighted by Gasteiger charge is -2.04. The molecule has 88 valence electrons. The van der Waals surface area contributed by atoms with Gasteiger partial charge in [0.05, 0.1) is 9.90 Å². The van der Waals surface area contributed by atoms with E-state index in [0.717, 1.165) is 4.90 Å². The Labute approximate surface area is 112 Å². The summed E-state index contributed by atoms with van der Waals surface area (Å²) < 4.78 is 12.9. The third-order valence-corrected chi connectivity index (χ3v) is 3.64. The van der Waals surface area contributed by atoms with Crippen LogP contribution in [0.3, 0.4) is 0 Å². The van der Waals surface area contributed by atoms with E-state index < -0.39 is 5.82 Å². The van der Waals surface area contributed by atoms with Crippen molar-refractivity contribution in [1.82, 2.24) is 0 Å². The number of thiol groups is 1. The highest BCUT2D eigenvalue weighted by Gasteiger charge is 2.09. The molecule has 0 aliphatic carbocycles. The van der Waals surface area contributed by atoms with Crippen molar-refractivity contribution in [3.63, 3.8) is 0 Å². The maximum atomic E-state index is 12.9. The average Bonchev–Trinajstić information content (AvgIpc) is 2.70. The number of thiophene rings is 1. The predicted molar refractivity (Wildman–Crippen MR) is 70.9 cm³/mol. The highest BCUT2D eigenvalue weighted by atomic mass is 35.5. The molecule has 1 amide bonds. The number of benzene rings is 1. The van der Waals surface area contributed by atoms with Crippen molar-refractivity contribution in [3.8, 4) is 0 Å². The van der Waals surface area contributed by atoms with Crippen molar-refractivity contribution in [3.05, 3.63) is 45.4 Å². The molecule has 1 aromatic carbocycles. The van der Waals surface area contributed by atoms with E-state index in [0.29, 0.717) is 10.6 Å². The first-order chi connectivity index (χ1) is 8.06. The smallest absolute Gasteiger partial charge is 0.265 e. The van der Waals surface area contributed by atoms with Gasteiger partial charge >= 0.3 is 0 Å². The van der Waals surface area contributed by atoms with Crippen molar-refractivity contribution in [1.29, 1.82) is 0 Å². The molecule has 2 nitrogen and oxygen atoms in total. The molecule has 2 aromatic rings. The van der Waals surface area contributed by atoms with Gasteiger partial charge in [-0.25, -0.2) is 4.39 Å². The van der Waals surface area contributed by atoms with E-state index >= 15 is 0 Å². The number of carbonyl (C=O) groups excluding carboxylic acids is 1. The van der Waals surface area contributed by atoms with E-state index in [1.165, 1.54) is 29.5 Å². The third-order valence-electron chi connectivity index (χ3n) is 1.99. The molecule has 1 heterocycles. The van der Waals surface area contributed by atoms with Crippen molar-refractivity contribution < 1.29 is 9.18 Å². The van der Waals surface area contributed by atoms with Crippen LogP contribution in [0.4, 0.5) is 10.1 Å². The summed E-state index contributed by atoms with van der Waals surface area (Å²) in [5.41, 5.74) is 0.454. The molecule has 1 N–H and O–H groups in total. The Morgan fingerprint density at radius 1 is 1.41 bits per heavy atom. The summed E-state index contributed by atoms with van der Waals surface area (Å²) in [7, 11) is 0. The lowest BCUT2D eigenvalue weighted by atomic mass is 10.3. The Morgan fingerprint density at radius 2 is 2.18 bits per heavy atom. The van der Waals surface area contributed by atoms with Crippen molar-refractivity contribution in [2.24, 2.45) is 0 Å². The van der Waals surface area contributed by atoms with Crippen molar-refractivity contribution in [2.75, 3.05) is 5.32 Å². The number of amides is 1. The van der Waals surface area contributed by atoms with Crippen LogP contribution in [0.1, 0.15) is 9.67 Å². The highest BCUT2D eigenvalue weighted by Crippen LogP contribution is 2.22. The molecule has 0 saturated heterocycles. The number of carbonyl (C=O) groups is 1. The number of nitrogens with one attached hydrogen (secondary N) is 1. The van der Waals surface area contributed by atoms with Gasteiger partial charge in [0.25, 0.3) is 5.91 Å². The van der Waals surface area contributed by atoms with E-state index in [2.05, 4.69) is 17.9 Å². The van der Waals surface area contributed by atoms with Crippen molar-refractivity contribution in [2.45, 2.75) is 4.90 Å². The molecule has 0 aliphatic rings. The maximum Gasteiger partial charge on any atom is 0.265 e. The molecule has 0 saturated carbocycles. The Kier molecular flexibility index (Phi) is 3.71. The highest BCUT2D eigenvalue weighted by molar-refractivity contribution is 7.80. The van der Waals surface area contributed by atoms with E-state index in [1.807, 2.05) is 0 Å². The van der Waals surface area contributed by atoms with Gasteiger partial charge < -0.3 is 5.32 Å². The summed E-state index contributed by atoms with van der Waals surface area (Å²) in [6.07, 6.45) is 0. The molecular weight excluding hydrogens is 281 g/mol. The molecular formula is C11H7ClFNOS2. The van der Waals surface area contributed by atoms with Gasteiger partial charge in [-0.05, 0) is 24.3 Å². The van der Waals surface area contributed by atoms with Gasteiger partial charge in [-0.3, -0.25) is 4.79 Å². The molecule has 2 rings (SSSR count). The normalized spacial score (nSPS) is 10.3. The zero-order chi connectivity index (χ0) is 12.4. The van der Waals surface area contributed by atoms with E-state index in [-0.39, 0.29) is 10.9 Å². The molecule has 0 fully saturated rings. The van der Waals surface area contributed by atoms with Crippen molar-refractivity contribution >= 4 is 47.2 Å². The van der Waals surface area contributed by atoms with Gasteiger partial charge in [-0.15, -0.1) is 24.0 Å². The fourth-order valence-electron chi connectivity index (χ4n) is 1.21. The van der Waals surface area contributed by atoms with Gasteiger partial charge in [0, 0.05) is 16.0 Å². The second kappa shape index (κ2) is 5.08. The SMILES string of the molecule is O=C(Nc1ccc(F)c(Cl)c1)c1cc(S)cs1. The minimum Gasteiger partial charge on any atom is -0.321 e. The van der Waals surface area contributed by atoms with E-state index in [1.54, 1.807) is 11.4 Å². The maximum absolute atomic E-state index is 12.9. The fraction of sp³-hybridized carbons (Fsp3) is 0. The molecule has 0 aliphatic heterocycles. The van der Waals surface area contributed by atoms with Gasteiger partial charge in [-0.1, -0.05) is 11.6 Å². The van der Waals surface area contributed by atoms with Crippen LogP contribution in [0.2, 0.25) is 5.02 Å². The minimum atomic E-state index is -0.515. The lowest BCUT2D eigenvalue weighted by Crippen LogP contribution is -2.10. The van der Waals surface area contributed by atoms with Gasteiger partial charge in [0.1, 0.15) is 5.82 Å². The first kappa shape index (κ1) is 12.4. The summed E-state index contributed by atoms with van der Waals surface area (Å²) in [6.45, 7) is 0. The molecule has 0 radical (unpaired) electrons. The summed E-state index contributed by atoms with van der Waals surface area (Å²) in [5, 5.41) is 4.36. The standard InChI is InChI=1S/C11H7ClFNOS2/c12-8-3-6(1-2-9(8)13)14-11(15)10-4-7(16)5-17-10/h1-5,16H,(H,14,15). The van der Waals surface area contributed by atoms with Crippen LogP contribution in [0, 0.1) is 5.82 Å². The van der Waals surface area contributed by atoms with Gasteiger partial charge in [0.2, 0.25) is 0 Å². The predicted octanol–water partition coefficient (Wildman–Crippen LogP) is 4.08. The van der Waals surface area contributed by atoms with Crippen LogP contribution >= 0.6 is 35.6 Å². The van der Waals surface area contributed by atoms with Crippen LogP contribution < -0.4 is 5.32 Å². The second-order valence-corrected chi connectivity index (χ2v) is 5.09. The number of hydrogen-bond donors (Lipinski definition) is 2. The number of halogens is 2. The molecule has 0 atom stereocenters. The first-order valence-electron chi connectivity index (χ1n) is 4.60. The Hall–Kier alpha value is -1.04. The number of anilines is 1. The van der Waals surface area contributed by atoms with E-state index in [9.17, 15) is 9.18 Å². The average molecular weight is 288 g/mol. The van der Waals surface area contributed by atoms with Crippen LogP contribution in [0.5, 0.6) is 0 Å². The first-order valence-corrected chi connectivity index (χ1v) is 6.30. The van der Waals surface area contributed by atoms with E-state index in [4.69, 9.17) is 11.6 Å². The van der Waals surface area contributed by atoms with Crippen LogP contribution in [-0.4, -0.2) is 5.91 Å². The summed E-state index contributed by atoms with van der Waals surface area (Å²) in [6, 6.07) is 5.68. The quantitative estimate of drug-likeness (QED) is 0.801. The monoisotopic (exact) mass is 287 g/mol. The molecule has 17 heavy (non-hydrogen) atoms. The number of hydrogen-bond acceptors (Lipinski definition) is 3. The largest absolute Gasteiger partial charge is 0.321 e. The second-order valence-electron chi connectivity index (χ2n) is 3.25. The Bertz CT molecular complexity index is 570. The molecule has 0 spiro atoms. The minimum absolute atomic E-state index is 0.0242.